The van der Waals surface area contributed by atoms with Gasteiger partial charge in [0.1, 0.15) is 11.4 Å². The molecule has 25 heavy (non-hydrogen) atoms. The van der Waals surface area contributed by atoms with Crippen LogP contribution in [0, 0.1) is 34.5 Å². The molecular formula is C22H28O3. The van der Waals surface area contributed by atoms with Gasteiger partial charge in [-0.1, -0.05) is 32.9 Å². The van der Waals surface area contributed by atoms with Crippen LogP contribution in [0.15, 0.2) is 23.8 Å². The highest BCUT2D eigenvalue weighted by Gasteiger charge is 2.79. The highest BCUT2D eigenvalue weighted by molar-refractivity contribution is 6.00. The third-order valence-corrected chi connectivity index (χ3v) is 9.21. The van der Waals surface area contributed by atoms with E-state index in [1.807, 2.05) is 6.08 Å². The monoisotopic (exact) mass is 340 g/mol. The van der Waals surface area contributed by atoms with Crippen molar-refractivity contribution in [3.63, 3.8) is 0 Å². The van der Waals surface area contributed by atoms with Gasteiger partial charge in [0, 0.05) is 17.3 Å². The molecule has 1 spiro atoms. The van der Waals surface area contributed by atoms with E-state index in [0.29, 0.717) is 29.5 Å². The summed E-state index contributed by atoms with van der Waals surface area (Å²) < 4.78 is 6.18. The summed E-state index contributed by atoms with van der Waals surface area (Å²) in [5.74, 6) is 2.25. The number of fused-ring (bicyclic) bond motifs is 4. The standard InChI is InChI=1S/C22H28O3/c1-11-10-16(23)19-22(25-19)13(3)12(2)18-14-6-7-17(24)20(14,4)9-8-15(18)21(11,22)5/h10,12,14-15,18-19H,3,6-9H2,1-2,4-5H3/t12-,14+,15+,18+,19?,20+,21-,22?/m1/s1. The van der Waals surface area contributed by atoms with E-state index in [0.717, 1.165) is 36.8 Å². The topological polar surface area (TPSA) is 46.7 Å². The van der Waals surface area contributed by atoms with Crippen LogP contribution in [0.25, 0.3) is 0 Å². The molecule has 0 aromatic rings. The zero-order valence-corrected chi connectivity index (χ0v) is 15.7. The minimum absolute atomic E-state index is 0.110. The Hall–Kier alpha value is -1.22. The van der Waals surface area contributed by atoms with E-state index in [4.69, 9.17) is 4.74 Å². The average Bonchev–Trinajstić information content (AvgIpc) is 3.27. The highest BCUT2D eigenvalue weighted by Crippen LogP contribution is 2.74. The smallest absolute Gasteiger partial charge is 0.187 e. The van der Waals surface area contributed by atoms with Crippen LogP contribution in [0.4, 0.5) is 0 Å². The maximum Gasteiger partial charge on any atom is 0.187 e. The largest absolute Gasteiger partial charge is 0.352 e. The van der Waals surface area contributed by atoms with Gasteiger partial charge in [0.2, 0.25) is 0 Å². The zero-order valence-electron chi connectivity index (χ0n) is 15.7. The summed E-state index contributed by atoms with van der Waals surface area (Å²) in [5, 5.41) is 0. The van der Waals surface area contributed by atoms with Gasteiger partial charge in [-0.3, -0.25) is 9.59 Å². The fraction of sp³-hybridized carbons (Fsp3) is 0.727. The van der Waals surface area contributed by atoms with E-state index in [-0.39, 0.29) is 22.7 Å². The number of carbonyl (C=O) groups is 2. The number of carbonyl (C=O) groups excluding carboxylic acids is 2. The first-order chi connectivity index (χ1) is 11.7. The van der Waals surface area contributed by atoms with Crippen molar-refractivity contribution in [2.45, 2.75) is 65.1 Å². The molecule has 8 atom stereocenters. The van der Waals surface area contributed by atoms with Gasteiger partial charge >= 0.3 is 0 Å². The first-order valence-electron chi connectivity index (χ1n) is 9.82. The van der Waals surface area contributed by atoms with Gasteiger partial charge < -0.3 is 4.74 Å². The van der Waals surface area contributed by atoms with Crippen molar-refractivity contribution in [1.29, 1.82) is 0 Å². The molecule has 3 saturated carbocycles. The highest BCUT2D eigenvalue weighted by atomic mass is 16.6. The summed E-state index contributed by atoms with van der Waals surface area (Å²) in [7, 11) is 0. The molecule has 1 saturated heterocycles. The third-order valence-electron chi connectivity index (χ3n) is 9.21. The molecule has 0 bridgehead atoms. The lowest BCUT2D eigenvalue weighted by Crippen LogP contribution is -2.61. The molecule has 4 aliphatic carbocycles. The molecule has 0 radical (unpaired) electrons. The molecule has 3 nitrogen and oxygen atoms in total. The lowest BCUT2D eigenvalue weighted by atomic mass is 9.41. The summed E-state index contributed by atoms with van der Waals surface area (Å²) in [6, 6.07) is 0. The van der Waals surface area contributed by atoms with Crippen LogP contribution < -0.4 is 0 Å². The number of epoxide rings is 1. The molecule has 0 N–H and O–H groups in total. The first kappa shape index (κ1) is 16.0. The van der Waals surface area contributed by atoms with Gasteiger partial charge in [0.15, 0.2) is 11.9 Å². The van der Waals surface area contributed by atoms with Crippen LogP contribution in [0.3, 0.4) is 0 Å². The Balaban J connectivity index is 1.68. The van der Waals surface area contributed by atoms with Crippen molar-refractivity contribution >= 4 is 11.6 Å². The summed E-state index contributed by atoms with van der Waals surface area (Å²) in [6.07, 6.45) is 5.28. The minimum atomic E-state index is -0.486. The van der Waals surface area contributed by atoms with Crippen molar-refractivity contribution in [1.82, 2.24) is 0 Å². The number of hydrogen-bond acceptors (Lipinski definition) is 3. The van der Waals surface area contributed by atoms with Gasteiger partial charge in [-0.15, -0.1) is 0 Å². The molecule has 134 valence electrons. The number of ether oxygens (including phenoxy) is 1. The van der Waals surface area contributed by atoms with Gasteiger partial charge in [0.25, 0.3) is 0 Å². The Morgan fingerprint density at radius 2 is 1.92 bits per heavy atom. The Morgan fingerprint density at radius 3 is 2.64 bits per heavy atom. The van der Waals surface area contributed by atoms with Crippen molar-refractivity contribution < 1.29 is 14.3 Å². The summed E-state index contributed by atoms with van der Waals surface area (Å²) in [4.78, 5) is 25.1. The van der Waals surface area contributed by atoms with Crippen LogP contribution in [0.1, 0.15) is 53.4 Å². The second-order valence-electron chi connectivity index (χ2n) is 9.69. The summed E-state index contributed by atoms with van der Waals surface area (Å²) in [5.41, 5.74) is 1.46. The summed E-state index contributed by atoms with van der Waals surface area (Å²) >= 11 is 0. The average molecular weight is 340 g/mol. The predicted octanol–water partition coefficient (Wildman–Crippen LogP) is 3.88. The fourth-order valence-electron chi connectivity index (χ4n) is 7.59. The number of rotatable bonds is 0. The van der Waals surface area contributed by atoms with Crippen LogP contribution in [-0.2, 0) is 14.3 Å². The molecule has 3 heteroatoms. The van der Waals surface area contributed by atoms with Crippen LogP contribution >= 0.6 is 0 Å². The SMILES string of the molecule is C=C1[C@@H](C)[C@H]2[C@@H]3CCC(=O)[C@@]3(C)CC[C@@H]2[C@@]2(C)C(C)=CC(=O)C3OC132. The Labute approximate surface area is 149 Å². The van der Waals surface area contributed by atoms with Gasteiger partial charge in [-0.25, -0.2) is 0 Å². The Morgan fingerprint density at radius 1 is 1.20 bits per heavy atom. The summed E-state index contributed by atoms with van der Waals surface area (Å²) in [6.45, 7) is 13.3. The number of ketones is 2. The van der Waals surface area contributed by atoms with E-state index in [1.165, 1.54) is 0 Å². The van der Waals surface area contributed by atoms with Crippen molar-refractivity contribution in [3.8, 4) is 0 Å². The molecule has 1 aliphatic heterocycles. The van der Waals surface area contributed by atoms with E-state index in [9.17, 15) is 9.59 Å². The lowest BCUT2D eigenvalue weighted by molar-refractivity contribution is -0.135. The van der Waals surface area contributed by atoms with Crippen LogP contribution in [0.5, 0.6) is 0 Å². The molecule has 4 fully saturated rings. The third kappa shape index (κ3) is 1.47. The molecular weight excluding hydrogens is 312 g/mol. The number of hydrogen-bond donors (Lipinski definition) is 0. The molecule has 5 aliphatic rings. The first-order valence-corrected chi connectivity index (χ1v) is 9.82. The minimum Gasteiger partial charge on any atom is -0.352 e. The van der Waals surface area contributed by atoms with Crippen molar-refractivity contribution in [2.75, 3.05) is 0 Å². The molecule has 0 aromatic carbocycles. The predicted molar refractivity (Wildman–Crippen MR) is 94.8 cm³/mol. The van der Waals surface area contributed by atoms with Crippen molar-refractivity contribution in [2.24, 2.45) is 34.5 Å². The van der Waals surface area contributed by atoms with E-state index in [1.54, 1.807) is 0 Å². The molecule has 5 rings (SSSR count). The molecule has 0 aromatic heterocycles. The zero-order chi connectivity index (χ0) is 17.9. The van der Waals surface area contributed by atoms with Gasteiger partial charge in [0.05, 0.1) is 0 Å². The maximum absolute atomic E-state index is 12.6. The molecule has 0 amide bonds. The number of Topliss-reactive ketones (excluding diaryl/α,β-unsaturated/α-hetero) is 1. The van der Waals surface area contributed by atoms with Crippen LogP contribution in [0.2, 0.25) is 0 Å². The van der Waals surface area contributed by atoms with Gasteiger partial charge in [-0.2, -0.15) is 0 Å². The lowest BCUT2D eigenvalue weighted by Gasteiger charge is -2.61. The Kier molecular flexibility index (Phi) is 2.79. The van der Waals surface area contributed by atoms with Crippen molar-refractivity contribution in [3.05, 3.63) is 23.8 Å². The quantitative estimate of drug-likeness (QED) is 0.497. The Bertz CT molecular complexity index is 763. The second-order valence-corrected chi connectivity index (χ2v) is 9.69. The molecule has 2 unspecified atom stereocenters. The van der Waals surface area contributed by atoms with E-state index in [2.05, 4.69) is 34.3 Å². The normalized spacial score (nSPS) is 56.6. The maximum atomic E-state index is 12.6. The van der Waals surface area contributed by atoms with E-state index >= 15 is 0 Å². The van der Waals surface area contributed by atoms with E-state index < -0.39 is 5.60 Å². The molecule has 1 heterocycles. The van der Waals surface area contributed by atoms with Gasteiger partial charge in [-0.05, 0) is 61.5 Å². The fourth-order valence-corrected chi connectivity index (χ4v) is 7.59. The second kappa shape index (κ2) is 4.36. The van der Waals surface area contributed by atoms with Crippen LogP contribution in [-0.4, -0.2) is 23.3 Å².